The maximum Gasteiger partial charge on any atom is 0.416 e. The summed E-state index contributed by atoms with van der Waals surface area (Å²) >= 11 is 0. The Labute approximate surface area is 104 Å². The molecular formula is C13H16F3NO. The number of hydrogen-bond acceptors (Lipinski definition) is 2. The average molecular weight is 259 g/mol. The molecule has 0 heterocycles. The lowest BCUT2D eigenvalue weighted by Crippen LogP contribution is -2.16. The predicted molar refractivity (Wildman–Crippen MR) is 63.3 cm³/mol. The largest absolute Gasteiger partial charge is 0.416 e. The average Bonchev–Trinajstić information content (AvgIpc) is 2.27. The maximum atomic E-state index is 12.5. The van der Waals surface area contributed by atoms with Crippen molar-refractivity contribution in [3.63, 3.8) is 0 Å². The van der Waals surface area contributed by atoms with Crippen molar-refractivity contribution in [1.82, 2.24) is 0 Å². The molecule has 2 nitrogen and oxygen atoms in total. The van der Waals surface area contributed by atoms with Crippen molar-refractivity contribution in [2.24, 2.45) is 11.7 Å². The summed E-state index contributed by atoms with van der Waals surface area (Å²) in [7, 11) is 0. The zero-order valence-corrected chi connectivity index (χ0v) is 10.3. The van der Waals surface area contributed by atoms with Crippen LogP contribution in [0, 0.1) is 12.8 Å². The molecule has 1 aromatic rings. The van der Waals surface area contributed by atoms with E-state index in [1.54, 1.807) is 0 Å². The Morgan fingerprint density at radius 1 is 1.39 bits per heavy atom. The van der Waals surface area contributed by atoms with E-state index in [9.17, 15) is 18.0 Å². The van der Waals surface area contributed by atoms with Gasteiger partial charge in [-0.25, -0.2) is 0 Å². The molecule has 0 radical (unpaired) electrons. The second kappa shape index (κ2) is 5.52. The van der Waals surface area contributed by atoms with Gasteiger partial charge < -0.3 is 5.73 Å². The van der Waals surface area contributed by atoms with Crippen LogP contribution in [0.4, 0.5) is 13.2 Å². The highest BCUT2D eigenvalue weighted by atomic mass is 19.4. The molecular weight excluding hydrogens is 243 g/mol. The van der Waals surface area contributed by atoms with Gasteiger partial charge in [0.2, 0.25) is 0 Å². The van der Waals surface area contributed by atoms with Crippen molar-refractivity contribution in [1.29, 1.82) is 0 Å². The van der Waals surface area contributed by atoms with Gasteiger partial charge in [0.25, 0.3) is 0 Å². The Bertz CT molecular complexity index is 440. The van der Waals surface area contributed by atoms with E-state index in [1.807, 2.05) is 6.92 Å². The minimum Gasteiger partial charge on any atom is -0.330 e. The van der Waals surface area contributed by atoms with E-state index in [4.69, 9.17) is 5.73 Å². The Morgan fingerprint density at radius 2 is 2.00 bits per heavy atom. The van der Waals surface area contributed by atoms with Gasteiger partial charge in [-0.3, -0.25) is 4.79 Å². The van der Waals surface area contributed by atoms with Crippen LogP contribution < -0.4 is 5.73 Å². The molecule has 5 heteroatoms. The van der Waals surface area contributed by atoms with Crippen LogP contribution in [0.1, 0.15) is 34.8 Å². The number of benzene rings is 1. The maximum absolute atomic E-state index is 12.5. The van der Waals surface area contributed by atoms with Gasteiger partial charge in [0.1, 0.15) is 0 Å². The van der Waals surface area contributed by atoms with E-state index in [1.165, 1.54) is 13.0 Å². The van der Waals surface area contributed by atoms with Gasteiger partial charge in [-0.1, -0.05) is 13.0 Å². The molecule has 0 spiro atoms. The van der Waals surface area contributed by atoms with E-state index in [0.29, 0.717) is 17.7 Å². The molecule has 1 rings (SSSR count). The van der Waals surface area contributed by atoms with E-state index in [-0.39, 0.29) is 18.1 Å². The number of rotatable bonds is 4. The first-order valence-corrected chi connectivity index (χ1v) is 5.66. The van der Waals surface area contributed by atoms with Crippen molar-refractivity contribution in [2.75, 3.05) is 6.54 Å². The summed E-state index contributed by atoms with van der Waals surface area (Å²) in [5, 5.41) is 0. The van der Waals surface area contributed by atoms with E-state index in [2.05, 4.69) is 0 Å². The lowest BCUT2D eigenvalue weighted by Gasteiger charge is -2.12. The van der Waals surface area contributed by atoms with Crippen LogP contribution in [-0.4, -0.2) is 12.3 Å². The van der Waals surface area contributed by atoms with Gasteiger partial charge in [-0.05, 0) is 37.1 Å². The fraction of sp³-hybridized carbons (Fsp3) is 0.462. The number of ketones is 1. The van der Waals surface area contributed by atoms with Gasteiger partial charge in [-0.2, -0.15) is 13.2 Å². The summed E-state index contributed by atoms with van der Waals surface area (Å²) in [6.45, 7) is 3.72. The first-order chi connectivity index (χ1) is 8.25. The first kappa shape index (κ1) is 14.7. The van der Waals surface area contributed by atoms with E-state index >= 15 is 0 Å². The summed E-state index contributed by atoms with van der Waals surface area (Å²) in [6, 6.07) is 3.18. The number of aryl methyl sites for hydroxylation is 1. The van der Waals surface area contributed by atoms with Gasteiger partial charge >= 0.3 is 6.18 Å². The van der Waals surface area contributed by atoms with Crippen molar-refractivity contribution >= 4 is 5.78 Å². The SMILES string of the molecule is Cc1cc(C(F)(F)F)ccc1C(=O)CC(C)CN. The van der Waals surface area contributed by atoms with Crippen LogP contribution in [0.25, 0.3) is 0 Å². The van der Waals surface area contributed by atoms with Gasteiger partial charge in [0.05, 0.1) is 5.56 Å². The molecule has 0 saturated carbocycles. The number of carbonyl (C=O) groups excluding carboxylic acids is 1. The number of hydrogen-bond donors (Lipinski definition) is 1. The molecule has 0 saturated heterocycles. The molecule has 0 aliphatic carbocycles. The van der Waals surface area contributed by atoms with Gasteiger partial charge in [0, 0.05) is 12.0 Å². The predicted octanol–water partition coefficient (Wildman–Crippen LogP) is 3.18. The van der Waals surface area contributed by atoms with Crippen LogP contribution in [0.2, 0.25) is 0 Å². The summed E-state index contributed by atoms with van der Waals surface area (Å²) in [5.41, 5.74) is 5.37. The van der Waals surface area contributed by atoms with Crippen molar-refractivity contribution in [2.45, 2.75) is 26.4 Å². The molecule has 0 aromatic heterocycles. The molecule has 18 heavy (non-hydrogen) atoms. The standard InChI is InChI=1S/C13H16F3NO/c1-8(7-17)5-12(18)11-4-3-10(6-9(11)2)13(14,15)16/h3-4,6,8H,5,7,17H2,1-2H3. The second-order valence-electron chi connectivity index (χ2n) is 4.50. The second-order valence-corrected chi connectivity index (χ2v) is 4.50. The zero-order valence-electron chi connectivity index (χ0n) is 10.3. The quantitative estimate of drug-likeness (QED) is 0.844. The molecule has 100 valence electrons. The number of carbonyl (C=O) groups is 1. The van der Waals surface area contributed by atoms with Crippen molar-refractivity contribution in [3.05, 3.63) is 34.9 Å². The van der Waals surface area contributed by atoms with E-state index < -0.39 is 11.7 Å². The Kier molecular flexibility index (Phi) is 4.51. The fourth-order valence-electron chi connectivity index (χ4n) is 1.66. The van der Waals surface area contributed by atoms with Crippen LogP contribution >= 0.6 is 0 Å². The Morgan fingerprint density at radius 3 is 2.44 bits per heavy atom. The van der Waals surface area contributed by atoms with Gasteiger partial charge in [0.15, 0.2) is 5.78 Å². The smallest absolute Gasteiger partial charge is 0.330 e. The van der Waals surface area contributed by atoms with Crippen LogP contribution in [0.15, 0.2) is 18.2 Å². The molecule has 0 fully saturated rings. The third-order valence-corrected chi connectivity index (χ3v) is 2.79. The third kappa shape index (κ3) is 3.57. The summed E-state index contributed by atoms with van der Waals surface area (Å²) in [4.78, 5) is 11.9. The number of alkyl halides is 3. The molecule has 0 amide bonds. The van der Waals surface area contributed by atoms with Crippen molar-refractivity contribution in [3.8, 4) is 0 Å². The van der Waals surface area contributed by atoms with Crippen LogP contribution in [0.5, 0.6) is 0 Å². The number of nitrogens with two attached hydrogens (primary N) is 1. The minimum absolute atomic E-state index is 0.0270. The van der Waals surface area contributed by atoms with Crippen LogP contribution in [0.3, 0.4) is 0 Å². The lowest BCUT2D eigenvalue weighted by atomic mass is 9.95. The number of halogens is 3. The summed E-state index contributed by atoms with van der Waals surface area (Å²) < 4.78 is 37.4. The molecule has 0 aliphatic heterocycles. The number of Topliss-reactive ketones (excluding diaryl/α,β-unsaturated/α-hetero) is 1. The first-order valence-electron chi connectivity index (χ1n) is 5.66. The normalized spacial score (nSPS) is 13.4. The molecule has 2 N–H and O–H groups in total. The highest BCUT2D eigenvalue weighted by molar-refractivity contribution is 5.97. The fourth-order valence-corrected chi connectivity index (χ4v) is 1.66. The molecule has 1 atom stereocenters. The molecule has 1 aromatic carbocycles. The summed E-state index contributed by atoms with van der Waals surface area (Å²) in [6.07, 6.45) is -4.13. The Balaban J connectivity index is 2.96. The monoisotopic (exact) mass is 259 g/mol. The summed E-state index contributed by atoms with van der Waals surface area (Å²) in [5.74, 6) is -0.140. The van der Waals surface area contributed by atoms with Crippen LogP contribution in [-0.2, 0) is 6.18 Å². The zero-order chi connectivity index (χ0) is 13.9. The minimum atomic E-state index is -4.38. The molecule has 0 bridgehead atoms. The van der Waals surface area contributed by atoms with Crippen molar-refractivity contribution < 1.29 is 18.0 Å². The molecule has 0 aliphatic rings. The third-order valence-electron chi connectivity index (χ3n) is 2.79. The highest BCUT2D eigenvalue weighted by Crippen LogP contribution is 2.30. The molecule has 1 unspecified atom stereocenters. The van der Waals surface area contributed by atoms with E-state index in [0.717, 1.165) is 12.1 Å². The topological polar surface area (TPSA) is 43.1 Å². The highest BCUT2D eigenvalue weighted by Gasteiger charge is 2.31. The Hall–Kier alpha value is -1.36. The lowest BCUT2D eigenvalue weighted by molar-refractivity contribution is -0.137. The van der Waals surface area contributed by atoms with Gasteiger partial charge in [-0.15, -0.1) is 0 Å².